The number of ether oxygens (including phenoxy) is 11. The molecule has 8 bridgehead atoms. The molecular weight excluding hydrogens is 1460 g/mol. The normalized spacial score (nSPS) is 52.1. The van der Waals surface area contributed by atoms with E-state index in [2.05, 4.69) is 55.2 Å². The van der Waals surface area contributed by atoms with Gasteiger partial charge in [0, 0.05) is 67.6 Å². The molecule has 0 aromatic carbocycles. The monoisotopic (exact) mass is 1570 g/mol. The van der Waals surface area contributed by atoms with Gasteiger partial charge < -0.3 is 52.1 Å². The van der Waals surface area contributed by atoms with Crippen LogP contribution in [0.2, 0.25) is 0 Å². The first-order valence-electron chi connectivity index (χ1n) is 40.0. The molecular formula is C75H107F9N6O19. The van der Waals surface area contributed by atoms with Crippen LogP contribution in [0.25, 0.3) is 0 Å². The van der Waals surface area contributed by atoms with Crippen molar-refractivity contribution in [3.63, 3.8) is 0 Å². The van der Waals surface area contributed by atoms with E-state index in [-0.39, 0.29) is 84.3 Å². The molecule has 22 rings (SSSR count). The highest BCUT2D eigenvalue weighted by Crippen LogP contribution is 2.70. The first kappa shape index (κ1) is 78.4. The van der Waals surface area contributed by atoms with Crippen LogP contribution in [-0.4, -0.2) is 155 Å². The third-order valence-electron chi connectivity index (χ3n) is 30.6. The van der Waals surface area contributed by atoms with Crippen LogP contribution in [0.5, 0.6) is 0 Å². The van der Waals surface area contributed by atoms with Crippen LogP contribution in [0, 0.1) is 94.7 Å². The van der Waals surface area contributed by atoms with E-state index in [0.29, 0.717) is 76.5 Å². The fraction of sp³-hybridized carbons (Fsp3) is 0.947. The molecule has 0 N–H and O–H groups in total. The second-order valence-electron chi connectivity index (χ2n) is 36.4. The maximum absolute atomic E-state index is 15.5. The minimum atomic E-state index is -4.99. The smallest absolute Gasteiger partial charge is 0.359 e. The molecule has 0 unspecified atom stereocenters. The van der Waals surface area contributed by atoms with Crippen LogP contribution >= 0.6 is 0 Å². The van der Waals surface area contributed by atoms with Crippen molar-refractivity contribution in [2.75, 3.05) is 13.2 Å². The molecule has 20 aliphatic rings. The first-order valence-corrected chi connectivity index (χ1v) is 40.0. The Hall–Kier alpha value is -3.11. The van der Waals surface area contributed by atoms with Crippen molar-refractivity contribution in [3.8, 4) is 0 Å². The summed E-state index contributed by atoms with van der Waals surface area (Å²) < 4.78 is 209. The van der Waals surface area contributed by atoms with Gasteiger partial charge in [0.1, 0.15) is 11.3 Å². The van der Waals surface area contributed by atoms with Crippen molar-refractivity contribution < 1.29 is 131 Å². The average molecular weight is 1570 g/mol. The number of nitrogens with zero attached hydrogens (tertiary/aromatic N) is 6. The van der Waals surface area contributed by atoms with Crippen LogP contribution < -0.4 is 0 Å². The highest BCUT2D eigenvalue weighted by atomic mass is 19.4. The quantitative estimate of drug-likeness (QED) is 0.126. The van der Waals surface area contributed by atoms with E-state index in [1.54, 1.807) is 33.9 Å². The van der Waals surface area contributed by atoms with E-state index in [9.17, 15) is 0 Å². The molecule has 2 aromatic heterocycles. The van der Waals surface area contributed by atoms with Crippen LogP contribution in [0.15, 0.2) is 12.4 Å². The number of halogens is 9. The Morgan fingerprint density at radius 2 is 0.835 bits per heavy atom. The topological polar surface area (TPSA) is 237 Å². The van der Waals surface area contributed by atoms with Gasteiger partial charge in [-0.2, -0.15) is 39.5 Å². The molecule has 17 heterocycles. The molecule has 20 fully saturated rings. The predicted molar refractivity (Wildman–Crippen MR) is 352 cm³/mol. The minimum absolute atomic E-state index is 0.0480. The summed E-state index contributed by atoms with van der Waals surface area (Å²) in [6.07, 6.45) is -6.03. The third-order valence-corrected chi connectivity index (χ3v) is 30.6. The van der Waals surface area contributed by atoms with Gasteiger partial charge in [-0.25, -0.2) is 48.5 Å². The molecule has 0 radical (unpaired) electrons. The van der Waals surface area contributed by atoms with Gasteiger partial charge in [-0.3, -0.25) is 0 Å². The molecule has 5 saturated carbocycles. The molecule has 15 saturated heterocycles. The molecule has 25 nitrogen and oxygen atoms in total. The van der Waals surface area contributed by atoms with Gasteiger partial charge >= 0.3 is 18.5 Å². The van der Waals surface area contributed by atoms with E-state index >= 15 is 39.5 Å². The fourth-order valence-corrected chi connectivity index (χ4v) is 24.4. The third kappa shape index (κ3) is 11.6. The zero-order valence-corrected chi connectivity index (χ0v) is 64.3. The van der Waals surface area contributed by atoms with Crippen LogP contribution in [0.4, 0.5) is 39.5 Å². The van der Waals surface area contributed by atoms with Crippen molar-refractivity contribution in [1.29, 1.82) is 0 Å². The van der Waals surface area contributed by atoms with E-state index in [4.69, 9.17) is 91.2 Å². The first-order chi connectivity index (χ1) is 51.2. The van der Waals surface area contributed by atoms with Gasteiger partial charge in [0.15, 0.2) is 52.8 Å². The lowest BCUT2D eigenvalue weighted by molar-refractivity contribution is -0.599. The molecule has 32 atom stereocenters. The Morgan fingerprint density at radius 1 is 0.413 bits per heavy atom. The maximum atomic E-state index is 15.5. The second kappa shape index (κ2) is 26.4. The molecule has 34 heteroatoms. The van der Waals surface area contributed by atoms with Crippen LogP contribution in [0.3, 0.4) is 0 Å². The van der Waals surface area contributed by atoms with Crippen molar-refractivity contribution in [2.45, 2.75) is 337 Å². The van der Waals surface area contributed by atoms with Gasteiger partial charge in [-0.1, -0.05) is 65.8 Å². The molecule has 614 valence electrons. The summed E-state index contributed by atoms with van der Waals surface area (Å²) in [6.45, 7) is 22.7. The zero-order chi connectivity index (χ0) is 77.3. The van der Waals surface area contributed by atoms with Gasteiger partial charge in [-0.05, 0) is 171 Å². The summed E-state index contributed by atoms with van der Waals surface area (Å²) in [5.41, 5.74) is -6.44. The SMILES string of the molecule is C[C@@H]1CC[C@H]2[C@@H](C)[C@@](C)(OCCn3cc(CO[C@@]4(C(F)(F)F)O[C@@H]5O[C@]6(C)CC[C@H]7[C@H](C)CC[C@@H]([C@H]4C)[C@@]57OO6)nn3)O[C@@H]3O[C@@]4(C)CC[C@@H]1[C@]32OO4.C[C@@H]1CC[C@H]2[C@@H](C)[C@](OCCn3nncc3CO[C@@]3(C(F)(F)F)C[C@@H]4O[C@]5(C)CC[C@H]6[C@H](C)CC[C@@H]([C@H]3C)[C@@]46OO5)(C(F)(F)F)O[C@@H]3O[C@]4(C)CC[C@@H]1[C@]32OO4. The Balaban J connectivity index is 0.000000160. The summed E-state index contributed by atoms with van der Waals surface area (Å²) in [6, 6.07) is 0. The summed E-state index contributed by atoms with van der Waals surface area (Å²) in [5, 5.41) is 16.2. The lowest BCUT2D eigenvalue weighted by atomic mass is 9.50. The summed E-state index contributed by atoms with van der Waals surface area (Å²) in [5.74, 6) is -15.9. The average Bonchev–Trinajstić information content (AvgIpc) is 1.70. The van der Waals surface area contributed by atoms with Crippen molar-refractivity contribution in [3.05, 3.63) is 23.8 Å². The van der Waals surface area contributed by atoms with E-state index in [1.165, 1.54) is 29.4 Å². The number of hydrogen-bond donors (Lipinski definition) is 0. The number of rotatable bonds is 14. The molecule has 109 heavy (non-hydrogen) atoms. The standard InChI is InChI=1S/C38H53F6N3O9.C37H54F3N3O10/c1-20-7-9-27-22(3)33(37(39,40)41,17-29-34(27)25(20)11-13-31(5,50-29)53-55-34)49-19-24-18-45-46-47(24)15-16-48-36(38(42,43)44)23(4)28-10-8-21(2)26-12-14-32(6)51-30(52-36)35(26,28)56-54-32;1-20-8-10-27-22(3)33(7,48-29-34(27)25(20)12-14-31(5,46-29)50-52-34)44-17-16-43-18-24(41-42-43)19-45-36(37(38,39)40)23(4)28-11-9-21(2)26-13-15-32(6)47-30(49-36)35(26,28)53-51-32/h18,20-23,25-30H,7-17,19H2,1-6H3;18,20-23,25-30H,8-17,19H2,1-7H3/t20-,21-,22-,23-,25+,26+,27+,28+,29+,30+,31+,32+,33+,34-,35-,36-;20-,21-,22-,23-,25+,26+,27+,28+,29+,30+,31-,32+,33+,34-,35-,36-/m11/s1. The van der Waals surface area contributed by atoms with Gasteiger partial charge in [0.05, 0.1) is 63.7 Å². The second-order valence-corrected chi connectivity index (χ2v) is 36.4. The van der Waals surface area contributed by atoms with Crippen molar-refractivity contribution >= 4 is 0 Å². The summed E-state index contributed by atoms with van der Waals surface area (Å²) in [4.78, 5) is 47.8. The highest BCUT2D eigenvalue weighted by Gasteiger charge is 2.82. The van der Waals surface area contributed by atoms with Gasteiger partial charge in [0.2, 0.25) is 17.4 Å². The number of hydrogen-bond acceptors (Lipinski definition) is 23. The minimum Gasteiger partial charge on any atom is -0.359 e. The summed E-state index contributed by atoms with van der Waals surface area (Å²) in [7, 11) is 0. The Labute approximate surface area is 627 Å². The number of alkyl halides is 9. The molecule has 0 amide bonds. The highest BCUT2D eigenvalue weighted by molar-refractivity contribution is 5.20. The van der Waals surface area contributed by atoms with Crippen molar-refractivity contribution in [1.82, 2.24) is 30.0 Å². The molecule has 4 spiro atoms. The van der Waals surface area contributed by atoms with Crippen LogP contribution in [0.1, 0.15) is 211 Å². The van der Waals surface area contributed by atoms with E-state index in [1.807, 2.05) is 13.8 Å². The zero-order valence-electron chi connectivity index (χ0n) is 64.3. The van der Waals surface area contributed by atoms with Gasteiger partial charge in [-0.15, -0.1) is 10.2 Å². The molecule has 5 aliphatic carbocycles. The summed E-state index contributed by atoms with van der Waals surface area (Å²) >= 11 is 0. The van der Waals surface area contributed by atoms with Crippen LogP contribution in [-0.2, 0) is 118 Å². The Morgan fingerprint density at radius 3 is 1.31 bits per heavy atom. The van der Waals surface area contributed by atoms with Gasteiger partial charge in [0.25, 0.3) is 11.6 Å². The van der Waals surface area contributed by atoms with E-state index in [0.717, 1.165) is 32.1 Å². The largest absolute Gasteiger partial charge is 0.443 e. The molecule has 2 aromatic rings. The van der Waals surface area contributed by atoms with E-state index < -0.39 is 174 Å². The number of aromatic nitrogens is 6. The Bertz CT molecular complexity index is 3700. The maximum Gasteiger partial charge on any atom is 0.443 e. The van der Waals surface area contributed by atoms with Crippen molar-refractivity contribution in [2.24, 2.45) is 94.7 Å². The lowest BCUT2D eigenvalue weighted by Crippen LogP contribution is -2.76. The Kier molecular flexibility index (Phi) is 19.0. The predicted octanol–water partition coefficient (Wildman–Crippen LogP) is 14.1. The molecule has 15 aliphatic heterocycles. The number of fused-ring (bicyclic) bond motifs is 8. The lowest BCUT2D eigenvalue weighted by Gasteiger charge is -2.63. The fourth-order valence-electron chi connectivity index (χ4n) is 24.4.